The van der Waals surface area contributed by atoms with Crippen LogP contribution < -0.4 is 0 Å². The molecule has 1 rings (SSSR count). The highest BCUT2D eigenvalue weighted by Crippen LogP contribution is 2.25. The maximum atomic E-state index is 10.8. The number of rotatable bonds is 4. The van der Waals surface area contributed by atoms with Gasteiger partial charge in [0.1, 0.15) is 15.6 Å². The maximum absolute atomic E-state index is 10.8. The number of aromatic nitrogens is 2. The van der Waals surface area contributed by atoms with E-state index in [4.69, 9.17) is 28.3 Å². The van der Waals surface area contributed by atoms with Crippen LogP contribution >= 0.6 is 35.0 Å². The van der Waals surface area contributed by atoms with Crippen molar-refractivity contribution < 1.29 is 9.90 Å². The lowest BCUT2D eigenvalue weighted by Gasteiger charge is -2.07. The first-order valence-electron chi connectivity index (χ1n) is 4.12. The molecule has 0 aliphatic heterocycles. The minimum absolute atomic E-state index is 0.206. The topological polar surface area (TPSA) is 63.1 Å². The molecule has 1 aromatic rings. The van der Waals surface area contributed by atoms with Gasteiger partial charge in [-0.3, -0.25) is 4.79 Å². The van der Waals surface area contributed by atoms with E-state index in [2.05, 4.69) is 9.97 Å². The SMILES string of the molecule is CCC(Sc1nc(Cl)cc(Cl)n1)C(=O)O. The zero-order chi connectivity index (χ0) is 11.4. The van der Waals surface area contributed by atoms with Crippen molar-refractivity contribution in [3.05, 3.63) is 16.4 Å². The molecular weight excluding hydrogens is 259 g/mol. The van der Waals surface area contributed by atoms with Crippen molar-refractivity contribution in [2.75, 3.05) is 0 Å². The van der Waals surface area contributed by atoms with E-state index in [0.717, 1.165) is 11.8 Å². The third-order valence-corrected chi connectivity index (χ3v) is 3.14. The molecule has 1 unspecified atom stereocenters. The lowest BCUT2D eigenvalue weighted by atomic mass is 10.3. The van der Waals surface area contributed by atoms with Crippen LogP contribution in [0, 0.1) is 0 Å². The van der Waals surface area contributed by atoms with E-state index in [0.29, 0.717) is 6.42 Å². The summed E-state index contributed by atoms with van der Waals surface area (Å²) in [6, 6.07) is 1.40. The third kappa shape index (κ3) is 3.85. The molecular formula is C8H8Cl2N2O2S. The largest absolute Gasteiger partial charge is 0.480 e. The third-order valence-electron chi connectivity index (χ3n) is 1.54. The van der Waals surface area contributed by atoms with E-state index in [1.54, 1.807) is 6.92 Å². The molecule has 1 N–H and O–H groups in total. The van der Waals surface area contributed by atoms with Crippen molar-refractivity contribution in [1.82, 2.24) is 9.97 Å². The number of aliphatic carboxylic acids is 1. The molecule has 7 heteroatoms. The number of hydrogen-bond donors (Lipinski definition) is 1. The van der Waals surface area contributed by atoms with E-state index >= 15 is 0 Å². The summed E-state index contributed by atoms with van der Waals surface area (Å²) in [5.74, 6) is -0.901. The molecule has 0 bridgehead atoms. The van der Waals surface area contributed by atoms with Crippen LogP contribution in [-0.2, 0) is 4.79 Å². The Balaban J connectivity index is 2.83. The Hall–Kier alpha value is -0.520. The fourth-order valence-corrected chi connectivity index (χ4v) is 2.21. The van der Waals surface area contributed by atoms with Crippen molar-refractivity contribution >= 4 is 40.9 Å². The molecule has 82 valence electrons. The fourth-order valence-electron chi connectivity index (χ4n) is 0.859. The smallest absolute Gasteiger partial charge is 0.317 e. The Morgan fingerprint density at radius 2 is 2.07 bits per heavy atom. The summed E-state index contributed by atoms with van der Waals surface area (Å²) < 4.78 is 0. The first kappa shape index (κ1) is 12.5. The highest BCUT2D eigenvalue weighted by Gasteiger charge is 2.18. The summed E-state index contributed by atoms with van der Waals surface area (Å²) in [7, 11) is 0. The van der Waals surface area contributed by atoms with Gasteiger partial charge in [-0.15, -0.1) is 0 Å². The number of nitrogens with zero attached hydrogens (tertiary/aromatic N) is 2. The van der Waals surface area contributed by atoms with Gasteiger partial charge in [0.05, 0.1) is 0 Å². The van der Waals surface area contributed by atoms with Gasteiger partial charge in [0.25, 0.3) is 0 Å². The second-order valence-electron chi connectivity index (χ2n) is 2.65. The number of carboxylic acid groups (broad SMARTS) is 1. The number of halogens is 2. The highest BCUT2D eigenvalue weighted by molar-refractivity contribution is 8.00. The molecule has 1 aromatic heterocycles. The van der Waals surface area contributed by atoms with Gasteiger partial charge in [-0.2, -0.15) is 0 Å². The van der Waals surface area contributed by atoms with Gasteiger partial charge >= 0.3 is 5.97 Å². The van der Waals surface area contributed by atoms with Gasteiger partial charge in [-0.25, -0.2) is 9.97 Å². The Bertz CT molecular complexity index is 355. The summed E-state index contributed by atoms with van der Waals surface area (Å²) in [6.45, 7) is 1.78. The molecule has 0 aromatic carbocycles. The van der Waals surface area contributed by atoms with Gasteiger partial charge in [0, 0.05) is 6.07 Å². The zero-order valence-corrected chi connectivity index (χ0v) is 10.1. The molecule has 1 atom stereocenters. The maximum Gasteiger partial charge on any atom is 0.317 e. The minimum atomic E-state index is -0.901. The van der Waals surface area contributed by atoms with Crippen molar-refractivity contribution in [2.45, 2.75) is 23.8 Å². The van der Waals surface area contributed by atoms with E-state index in [1.807, 2.05) is 0 Å². The van der Waals surface area contributed by atoms with Crippen LogP contribution in [0.15, 0.2) is 11.2 Å². The molecule has 0 amide bonds. The van der Waals surface area contributed by atoms with Crippen LogP contribution in [0.5, 0.6) is 0 Å². The summed E-state index contributed by atoms with van der Waals surface area (Å²) in [5, 5.41) is 8.94. The quantitative estimate of drug-likeness (QED) is 0.516. The number of thioether (sulfide) groups is 1. The van der Waals surface area contributed by atoms with E-state index < -0.39 is 11.2 Å². The van der Waals surface area contributed by atoms with E-state index in [-0.39, 0.29) is 15.5 Å². The van der Waals surface area contributed by atoms with E-state index in [1.165, 1.54) is 6.07 Å². The molecule has 15 heavy (non-hydrogen) atoms. The second-order valence-corrected chi connectivity index (χ2v) is 4.59. The summed E-state index contributed by atoms with van der Waals surface area (Å²) in [4.78, 5) is 18.5. The fraction of sp³-hybridized carbons (Fsp3) is 0.375. The van der Waals surface area contributed by atoms with Crippen molar-refractivity contribution in [1.29, 1.82) is 0 Å². The predicted molar refractivity (Wildman–Crippen MR) is 59.6 cm³/mol. The standard InChI is InChI=1S/C8H8Cl2N2O2S/c1-2-4(7(13)14)15-8-11-5(9)3-6(10)12-8/h3-4H,2H2,1H3,(H,13,14). The van der Waals surface area contributed by atoms with E-state index in [9.17, 15) is 4.79 Å². The summed E-state index contributed by atoms with van der Waals surface area (Å²) >= 11 is 12.4. The molecule has 4 nitrogen and oxygen atoms in total. The monoisotopic (exact) mass is 266 g/mol. The van der Waals surface area contributed by atoms with Crippen LogP contribution in [0.1, 0.15) is 13.3 Å². The lowest BCUT2D eigenvalue weighted by molar-refractivity contribution is -0.136. The van der Waals surface area contributed by atoms with Crippen molar-refractivity contribution in [3.63, 3.8) is 0 Å². The number of carbonyl (C=O) groups is 1. The van der Waals surface area contributed by atoms with Crippen LogP contribution in [-0.4, -0.2) is 26.3 Å². The number of hydrogen-bond acceptors (Lipinski definition) is 4. The molecule has 0 fully saturated rings. The van der Waals surface area contributed by atoms with Gasteiger partial charge in [-0.05, 0) is 6.42 Å². The first-order chi connectivity index (χ1) is 7.02. The Kier molecular flexibility index (Phi) is 4.63. The number of carboxylic acids is 1. The molecule has 1 heterocycles. The minimum Gasteiger partial charge on any atom is -0.480 e. The zero-order valence-electron chi connectivity index (χ0n) is 7.78. The molecule has 0 saturated heterocycles. The van der Waals surface area contributed by atoms with Gasteiger partial charge in [-0.1, -0.05) is 41.9 Å². The average molecular weight is 267 g/mol. The lowest BCUT2D eigenvalue weighted by Crippen LogP contribution is -2.15. The van der Waals surface area contributed by atoms with Crippen LogP contribution in [0.4, 0.5) is 0 Å². The van der Waals surface area contributed by atoms with Gasteiger partial charge < -0.3 is 5.11 Å². The Labute approximate surface area is 101 Å². The highest BCUT2D eigenvalue weighted by atomic mass is 35.5. The molecule has 0 aliphatic rings. The average Bonchev–Trinajstić information content (AvgIpc) is 2.12. The van der Waals surface area contributed by atoms with Crippen molar-refractivity contribution in [2.24, 2.45) is 0 Å². The first-order valence-corrected chi connectivity index (χ1v) is 5.76. The van der Waals surface area contributed by atoms with Gasteiger partial charge in [0.15, 0.2) is 5.16 Å². The van der Waals surface area contributed by atoms with Gasteiger partial charge in [0.2, 0.25) is 0 Å². The Morgan fingerprint density at radius 1 is 1.53 bits per heavy atom. The van der Waals surface area contributed by atoms with Crippen LogP contribution in [0.3, 0.4) is 0 Å². The van der Waals surface area contributed by atoms with Crippen molar-refractivity contribution in [3.8, 4) is 0 Å². The second kappa shape index (κ2) is 5.53. The molecule has 0 radical (unpaired) electrons. The summed E-state index contributed by atoms with van der Waals surface area (Å²) in [6.07, 6.45) is 0.480. The Morgan fingerprint density at radius 3 is 2.47 bits per heavy atom. The molecule has 0 spiro atoms. The van der Waals surface area contributed by atoms with Crippen LogP contribution in [0.25, 0.3) is 0 Å². The molecule has 0 saturated carbocycles. The normalized spacial score (nSPS) is 12.5. The predicted octanol–water partition coefficient (Wildman–Crippen LogP) is 2.74. The van der Waals surface area contributed by atoms with Crippen LogP contribution in [0.2, 0.25) is 10.3 Å². The molecule has 0 aliphatic carbocycles. The summed E-state index contributed by atoms with van der Waals surface area (Å²) in [5.41, 5.74) is 0.